The molecule has 0 aromatic heterocycles. The van der Waals surface area contributed by atoms with Gasteiger partial charge in [-0.3, -0.25) is 0 Å². The van der Waals surface area contributed by atoms with E-state index in [2.05, 4.69) is 45.0 Å². The molecule has 0 aliphatic rings. The molecule has 0 spiro atoms. The quantitative estimate of drug-likeness (QED) is 0.642. The van der Waals surface area contributed by atoms with Crippen LogP contribution in [0.1, 0.15) is 50.2 Å². The third kappa shape index (κ3) is 2.87. The minimum atomic E-state index is 0.723. The number of benzene rings is 1. The van der Waals surface area contributed by atoms with E-state index >= 15 is 0 Å². The van der Waals surface area contributed by atoms with Crippen molar-refractivity contribution in [3.05, 3.63) is 35.4 Å². The minimum absolute atomic E-state index is 0.723. The molecule has 0 unspecified atom stereocenters. The summed E-state index contributed by atoms with van der Waals surface area (Å²) in [4.78, 5) is 0. The lowest BCUT2D eigenvalue weighted by molar-refractivity contribution is 0.622. The summed E-state index contributed by atoms with van der Waals surface area (Å²) in [6.45, 7) is 6.79. The lowest BCUT2D eigenvalue weighted by atomic mass is 9.92. The maximum atomic E-state index is 2.33. The number of aryl methyl sites for hydroxylation is 1. The summed E-state index contributed by atoms with van der Waals surface area (Å²) in [6.07, 6.45) is 3.97. The van der Waals surface area contributed by atoms with Crippen LogP contribution in [0, 0.1) is 6.92 Å². The molecule has 0 fully saturated rings. The van der Waals surface area contributed by atoms with Crippen LogP contribution in [0.2, 0.25) is 0 Å². The van der Waals surface area contributed by atoms with Crippen LogP contribution in [0.5, 0.6) is 0 Å². The highest BCUT2D eigenvalue weighted by Crippen LogP contribution is 2.23. The first kappa shape index (κ1) is 10.3. The fourth-order valence-electron chi connectivity index (χ4n) is 1.81. The van der Waals surface area contributed by atoms with E-state index in [4.69, 9.17) is 0 Å². The average molecular weight is 176 g/mol. The Hall–Kier alpha value is -0.780. The smallest absolute Gasteiger partial charge is 0.0188 e. The van der Waals surface area contributed by atoms with Gasteiger partial charge in [0.2, 0.25) is 0 Å². The van der Waals surface area contributed by atoms with Crippen molar-refractivity contribution in [2.75, 3.05) is 0 Å². The van der Waals surface area contributed by atoms with Gasteiger partial charge in [0.15, 0.2) is 0 Å². The Balaban J connectivity index is 2.65. The predicted molar refractivity (Wildman–Crippen MR) is 59.1 cm³/mol. The summed E-state index contributed by atoms with van der Waals surface area (Å²) < 4.78 is 0. The van der Waals surface area contributed by atoms with Gasteiger partial charge in [-0.05, 0) is 30.4 Å². The Morgan fingerprint density at radius 3 is 2.54 bits per heavy atom. The largest absolute Gasteiger partial charge is 0.0654 e. The summed E-state index contributed by atoms with van der Waals surface area (Å²) in [6, 6.07) is 8.73. The molecular formula is C13H20. The summed E-state index contributed by atoms with van der Waals surface area (Å²) in [5.74, 6) is 0.723. The molecule has 1 atom stereocenters. The zero-order valence-corrected chi connectivity index (χ0v) is 9.01. The van der Waals surface area contributed by atoms with Crippen molar-refractivity contribution in [2.24, 2.45) is 0 Å². The molecular weight excluding hydrogens is 156 g/mol. The van der Waals surface area contributed by atoms with Gasteiger partial charge in [-0.15, -0.1) is 0 Å². The van der Waals surface area contributed by atoms with Crippen molar-refractivity contribution in [1.29, 1.82) is 0 Å². The van der Waals surface area contributed by atoms with E-state index in [0.29, 0.717) is 0 Å². The molecule has 1 rings (SSSR count). The topological polar surface area (TPSA) is 0 Å². The normalized spacial score (nSPS) is 12.8. The van der Waals surface area contributed by atoms with Crippen LogP contribution in [-0.4, -0.2) is 0 Å². The Labute approximate surface area is 82.0 Å². The molecule has 0 aliphatic heterocycles. The van der Waals surface area contributed by atoms with E-state index in [1.165, 1.54) is 30.4 Å². The monoisotopic (exact) mass is 176 g/mol. The van der Waals surface area contributed by atoms with Gasteiger partial charge in [0.05, 0.1) is 0 Å². The fourth-order valence-corrected chi connectivity index (χ4v) is 1.81. The number of hydrogen-bond donors (Lipinski definition) is 0. The summed E-state index contributed by atoms with van der Waals surface area (Å²) in [7, 11) is 0. The molecule has 1 aromatic rings. The lowest BCUT2D eigenvalue weighted by Gasteiger charge is -2.13. The average Bonchev–Trinajstić information content (AvgIpc) is 2.15. The van der Waals surface area contributed by atoms with E-state index in [9.17, 15) is 0 Å². The molecule has 0 heteroatoms. The Kier molecular flexibility index (Phi) is 4.01. The summed E-state index contributed by atoms with van der Waals surface area (Å²) >= 11 is 0. The Bertz CT molecular complexity index is 250. The highest BCUT2D eigenvalue weighted by Gasteiger charge is 2.06. The molecule has 0 N–H and O–H groups in total. The van der Waals surface area contributed by atoms with Crippen LogP contribution in [-0.2, 0) is 0 Å². The zero-order chi connectivity index (χ0) is 9.68. The predicted octanol–water partition coefficient (Wildman–Crippen LogP) is 4.29. The Morgan fingerprint density at radius 1 is 1.23 bits per heavy atom. The van der Waals surface area contributed by atoms with Gasteiger partial charge in [-0.25, -0.2) is 0 Å². The molecule has 72 valence electrons. The molecule has 0 saturated carbocycles. The maximum absolute atomic E-state index is 2.33. The summed E-state index contributed by atoms with van der Waals surface area (Å²) in [5, 5.41) is 0. The SMILES string of the molecule is CCCC[C@H](C)c1ccccc1C. The zero-order valence-electron chi connectivity index (χ0n) is 9.01. The molecule has 0 amide bonds. The second-order valence-electron chi connectivity index (χ2n) is 3.90. The van der Waals surface area contributed by atoms with Crippen molar-refractivity contribution >= 4 is 0 Å². The third-order valence-corrected chi connectivity index (χ3v) is 2.71. The first-order chi connectivity index (χ1) is 6.25. The fraction of sp³-hybridized carbons (Fsp3) is 0.538. The van der Waals surface area contributed by atoms with Crippen molar-refractivity contribution in [3.63, 3.8) is 0 Å². The Morgan fingerprint density at radius 2 is 1.92 bits per heavy atom. The van der Waals surface area contributed by atoms with Crippen LogP contribution in [0.25, 0.3) is 0 Å². The van der Waals surface area contributed by atoms with Crippen molar-refractivity contribution < 1.29 is 0 Å². The standard InChI is InChI=1S/C13H20/c1-4-5-8-11(2)13-10-7-6-9-12(13)3/h6-7,9-11H,4-5,8H2,1-3H3/t11-/m0/s1. The van der Waals surface area contributed by atoms with E-state index in [1.54, 1.807) is 0 Å². The van der Waals surface area contributed by atoms with Gasteiger partial charge >= 0.3 is 0 Å². The second-order valence-corrected chi connectivity index (χ2v) is 3.90. The van der Waals surface area contributed by atoms with Crippen LogP contribution in [0.15, 0.2) is 24.3 Å². The van der Waals surface area contributed by atoms with Crippen molar-refractivity contribution in [1.82, 2.24) is 0 Å². The highest BCUT2D eigenvalue weighted by molar-refractivity contribution is 5.28. The van der Waals surface area contributed by atoms with E-state index < -0.39 is 0 Å². The van der Waals surface area contributed by atoms with Gasteiger partial charge in [-0.2, -0.15) is 0 Å². The first-order valence-corrected chi connectivity index (χ1v) is 5.31. The molecule has 1 aromatic carbocycles. The van der Waals surface area contributed by atoms with Crippen LogP contribution >= 0.6 is 0 Å². The first-order valence-electron chi connectivity index (χ1n) is 5.31. The van der Waals surface area contributed by atoms with Gasteiger partial charge in [0.25, 0.3) is 0 Å². The minimum Gasteiger partial charge on any atom is -0.0654 e. The summed E-state index contributed by atoms with van der Waals surface area (Å²) in [5.41, 5.74) is 2.96. The lowest BCUT2D eigenvalue weighted by Crippen LogP contribution is -1.95. The van der Waals surface area contributed by atoms with Gasteiger partial charge in [0, 0.05) is 0 Å². The molecule has 0 aliphatic carbocycles. The molecule has 13 heavy (non-hydrogen) atoms. The van der Waals surface area contributed by atoms with Crippen LogP contribution < -0.4 is 0 Å². The molecule has 0 radical (unpaired) electrons. The van der Waals surface area contributed by atoms with Crippen LogP contribution in [0.3, 0.4) is 0 Å². The molecule has 0 bridgehead atoms. The molecule has 0 heterocycles. The van der Waals surface area contributed by atoms with Crippen LogP contribution in [0.4, 0.5) is 0 Å². The van der Waals surface area contributed by atoms with E-state index in [0.717, 1.165) is 5.92 Å². The van der Waals surface area contributed by atoms with Gasteiger partial charge in [0.1, 0.15) is 0 Å². The van der Waals surface area contributed by atoms with Crippen molar-refractivity contribution in [2.45, 2.75) is 46.0 Å². The van der Waals surface area contributed by atoms with Gasteiger partial charge in [-0.1, -0.05) is 51.0 Å². The maximum Gasteiger partial charge on any atom is -0.0188 e. The highest BCUT2D eigenvalue weighted by atomic mass is 14.1. The number of hydrogen-bond acceptors (Lipinski definition) is 0. The molecule has 0 nitrogen and oxygen atoms in total. The van der Waals surface area contributed by atoms with Crippen molar-refractivity contribution in [3.8, 4) is 0 Å². The van der Waals surface area contributed by atoms with E-state index in [-0.39, 0.29) is 0 Å². The second kappa shape index (κ2) is 5.06. The number of rotatable bonds is 4. The van der Waals surface area contributed by atoms with E-state index in [1.807, 2.05) is 0 Å². The van der Waals surface area contributed by atoms with Gasteiger partial charge < -0.3 is 0 Å². The molecule has 0 saturated heterocycles. The number of unbranched alkanes of at least 4 members (excludes halogenated alkanes) is 1. The third-order valence-electron chi connectivity index (χ3n) is 2.71.